The predicted molar refractivity (Wildman–Crippen MR) is 128 cm³/mol. The lowest BCUT2D eigenvalue weighted by molar-refractivity contribution is -0.114. The quantitative estimate of drug-likeness (QED) is 0.456. The highest BCUT2D eigenvalue weighted by Crippen LogP contribution is 2.37. The first kappa shape index (κ1) is 22.1. The number of fused-ring (bicyclic) bond motifs is 1. The minimum Gasteiger partial charge on any atom is -0.489 e. The molecule has 6 nitrogen and oxygen atoms in total. The summed E-state index contributed by atoms with van der Waals surface area (Å²) in [7, 11) is 0. The molecule has 2 aromatic carbocycles. The zero-order valence-corrected chi connectivity index (χ0v) is 19.7. The van der Waals surface area contributed by atoms with E-state index in [1.165, 1.54) is 5.56 Å². The van der Waals surface area contributed by atoms with E-state index in [0.29, 0.717) is 18.1 Å². The number of hydrogen-bond acceptors (Lipinski definition) is 6. The lowest BCUT2D eigenvalue weighted by Crippen LogP contribution is -2.27. The van der Waals surface area contributed by atoms with Gasteiger partial charge in [-0.3, -0.25) is 4.79 Å². The molecule has 1 unspecified atom stereocenters. The zero-order valence-electron chi connectivity index (χ0n) is 18.9. The summed E-state index contributed by atoms with van der Waals surface area (Å²) < 4.78 is 7.82. The molecule has 1 atom stereocenters. The summed E-state index contributed by atoms with van der Waals surface area (Å²) in [6, 6.07) is 15.8. The van der Waals surface area contributed by atoms with Gasteiger partial charge in [0.05, 0.1) is 0 Å². The number of carbonyl (C=O) groups is 1. The van der Waals surface area contributed by atoms with Crippen LogP contribution in [0.2, 0.25) is 0 Å². The van der Waals surface area contributed by atoms with Crippen LogP contribution < -0.4 is 10.1 Å². The highest BCUT2D eigenvalue weighted by molar-refractivity contribution is 7.99. The van der Waals surface area contributed by atoms with Crippen molar-refractivity contribution in [3.8, 4) is 5.75 Å². The number of aromatic nitrogens is 3. The zero-order chi connectivity index (χ0) is 22.7. The topological polar surface area (TPSA) is 69.0 Å². The van der Waals surface area contributed by atoms with Crippen LogP contribution in [0.15, 0.2) is 65.0 Å². The summed E-state index contributed by atoms with van der Waals surface area (Å²) in [5.41, 5.74) is 4.85. The number of hydrogen-bond donors (Lipinski definition) is 1. The fourth-order valence-corrected chi connectivity index (χ4v) is 4.51. The number of thioether (sulfide) groups is 1. The molecule has 166 valence electrons. The molecule has 4 rings (SSSR count). The Labute approximate surface area is 193 Å². The van der Waals surface area contributed by atoms with Crippen LogP contribution in [0.25, 0.3) is 0 Å². The van der Waals surface area contributed by atoms with Crippen LogP contribution in [-0.2, 0) is 11.4 Å². The SMILES string of the molecule is CCCSc1nc2n(n1)C(c1ccc(OCc3ccccc3C)cc1)C(C(C)=O)=C(C)N2. The molecule has 32 heavy (non-hydrogen) atoms. The Morgan fingerprint density at radius 3 is 2.59 bits per heavy atom. The van der Waals surface area contributed by atoms with Gasteiger partial charge in [-0.2, -0.15) is 4.98 Å². The minimum atomic E-state index is -0.322. The molecule has 1 N–H and O–H groups in total. The van der Waals surface area contributed by atoms with Crippen molar-refractivity contribution >= 4 is 23.5 Å². The number of carbonyl (C=O) groups excluding carboxylic acids is 1. The van der Waals surface area contributed by atoms with E-state index in [9.17, 15) is 4.79 Å². The molecule has 1 aromatic heterocycles. The third-order valence-corrected chi connectivity index (χ3v) is 6.54. The number of Topliss-reactive ketones (excluding diaryl/α,β-unsaturated/α-hetero) is 1. The maximum Gasteiger partial charge on any atom is 0.227 e. The van der Waals surface area contributed by atoms with E-state index in [4.69, 9.17) is 9.84 Å². The lowest BCUT2D eigenvalue weighted by Gasteiger charge is -2.28. The third kappa shape index (κ3) is 4.58. The van der Waals surface area contributed by atoms with Crippen LogP contribution in [0.4, 0.5) is 5.95 Å². The summed E-state index contributed by atoms with van der Waals surface area (Å²) >= 11 is 1.62. The number of allylic oxidation sites excluding steroid dienone is 2. The maximum absolute atomic E-state index is 12.6. The summed E-state index contributed by atoms with van der Waals surface area (Å²) in [5.74, 6) is 2.42. The van der Waals surface area contributed by atoms with Gasteiger partial charge in [0.25, 0.3) is 0 Å². The molecular formula is C25H28N4O2S. The molecular weight excluding hydrogens is 420 g/mol. The summed E-state index contributed by atoms with van der Waals surface area (Å²) in [6.45, 7) is 8.25. The molecule has 2 heterocycles. The Morgan fingerprint density at radius 2 is 1.91 bits per heavy atom. The number of anilines is 1. The summed E-state index contributed by atoms with van der Waals surface area (Å²) in [4.78, 5) is 17.2. The van der Waals surface area contributed by atoms with Crippen molar-refractivity contribution in [3.05, 3.63) is 76.5 Å². The molecule has 7 heteroatoms. The minimum absolute atomic E-state index is 0.0174. The van der Waals surface area contributed by atoms with Crippen LogP contribution in [0.3, 0.4) is 0 Å². The second-order valence-electron chi connectivity index (χ2n) is 7.92. The number of benzene rings is 2. The molecule has 3 aromatic rings. The molecule has 0 aliphatic carbocycles. The Hall–Kier alpha value is -3.06. The van der Waals surface area contributed by atoms with Gasteiger partial charge in [-0.25, -0.2) is 4.68 Å². The second kappa shape index (κ2) is 9.61. The molecule has 0 saturated carbocycles. The fraction of sp³-hybridized carbons (Fsp3) is 0.320. The van der Waals surface area contributed by atoms with Crippen molar-refractivity contribution in [2.45, 2.75) is 51.9 Å². The van der Waals surface area contributed by atoms with Gasteiger partial charge < -0.3 is 10.1 Å². The van der Waals surface area contributed by atoms with Crippen molar-refractivity contribution in [2.75, 3.05) is 11.1 Å². The standard InChI is InChI=1S/C25H28N4O2S/c1-5-14-32-25-27-24-26-17(3)22(18(4)30)23(29(24)28-25)19-10-12-21(13-11-19)31-15-20-9-7-6-8-16(20)2/h6-13,23H,5,14-15H2,1-4H3,(H,26,27,28). The van der Waals surface area contributed by atoms with E-state index >= 15 is 0 Å². The number of nitrogens with one attached hydrogen (secondary N) is 1. The normalized spacial score (nSPS) is 15.3. The molecule has 1 aliphatic rings. The van der Waals surface area contributed by atoms with E-state index in [1.807, 2.05) is 48.0 Å². The van der Waals surface area contributed by atoms with Gasteiger partial charge >= 0.3 is 0 Å². The van der Waals surface area contributed by atoms with Gasteiger partial charge in [0, 0.05) is 17.0 Å². The number of ether oxygens (including phenoxy) is 1. The number of aryl methyl sites for hydroxylation is 1. The van der Waals surface area contributed by atoms with E-state index in [-0.39, 0.29) is 11.8 Å². The van der Waals surface area contributed by atoms with Crippen molar-refractivity contribution in [1.29, 1.82) is 0 Å². The van der Waals surface area contributed by atoms with Crippen LogP contribution >= 0.6 is 11.8 Å². The monoisotopic (exact) mass is 448 g/mol. The number of nitrogens with zero attached hydrogens (tertiary/aromatic N) is 3. The van der Waals surface area contributed by atoms with Crippen LogP contribution in [0.1, 0.15) is 49.9 Å². The van der Waals surface area contributed by atoms with Crippen LogP contribution in [0, 0.1) is 6.92 Å². The lowest BCUT2D eigenvalue weighted by atomic mass is 9.93. The van der Waals surface area contributed by atoms with Crippen molar-refractivity contribution in [3.63, 3.8) is 0 Å². The summed E-state index contributed by atoms with van der Waals surface area (Å²) in [5, 5.41) is 8.68. The molecule has 0 amide bonds. The Bertz CT molecular complexity index is 1150. The molecule has 0 fully saturated rings. The first-order valence-corrected chi connectivity index (χ1v) is 11.8. The van der Waals surface area contributed by atoms with Crippen LogP contribution in [0.5, 0.6) is 5.75 Å². The van der Waals surface area contributed by atoms with Crippen molar-refractivity contribution in [1.82, 2.24) is 14.8 Å². The molecule has 0 radical (unpaired) electrons. The van der Waals surface area contributed by atoms with E-state index in [2.05, 4.69) is 36.3 Å². The van der Waals surface area contributed by atoms with Gasteiger partial charge in [-0.15, -0.1) is 5.10 Å². The van der Waals surface area contributed by atoms with Gasteiger partial charge in [-0.1, -0.05) is 55.1 Å². The average Bonchev–Trinajstić information content (AvgIpc) is 3.18. The van der Waals surface area contributed by atoms with Gasteiger partial charge in [0.2, 0.25) is 11.1 Å². The highest BCUT2D eigenvalue weighted by Gasteiger charge is 2.32. The van der Waals surface area contributed by atoms with E-state index in [1.54, 1.807) is 18.7 Å². The first-order chi connectivity index (χ1) is 15.5. The average molecular weight is 449 g/mol. The van der Waals surface area contributed by atoms with Crippen molar-refractivity contribution < 1.29 is 9.53 Å². The molecule has 0 spiro atoms. The number of rotatable bonds is 8. The maximum atomic E-state index is 12.6. The van der Waals surface area contributed by atoms with Gasteiger partial charge in [0.15, 0.2) is 5.78 Å². The molecule has 0 saturated heterocycles. The van der Waals surface area contributed by atoms with E-state index < -0.39 is 0 Å². The molecule has 1 aliphatic heterocycles. The number of ketones is 1. The van der Waals surface area contributed by atoms with Crippen molar-refractivity contribution in [2.24, 2.45) is 0 Å². The fourth-order valence-electron chi connectivity index (χ4n) is 3.83. The second-order valence-corrected chi connectivity index (χ2v) is 8.98. The third-order valence-electron chi connectivity index (χ3n) is 5.50. The molecule has 0 bridgehead atoms. The first-order valence-electron chi connectivity index (χ1n) is 10.8. The Morgan fingerprint density at radius 1 is 1.16 bits per heavy atom. The Balaban J connectivity index is 1.61. The highest BCUT2D eigenvalue weighted by atomic mass is 32.2. The largest absolute Gasteiger partial charge is 0.489 e. The smallest absolute Gasteiger partial charge is 0.227 e. The van der Waals surface area contributed by atoms with Crippen LogP contribution in [-0.4, -0.2) is 26.3 Å². The predicted octanol–water partition coefficient (Wildman–Crippen LogP) is 5.55. The van der Waals surface area contributed by atoms with Gasteiger partial charge in [-0.05, 0) is 56.0 Å². The summed E-state index contributed by atoms with van der Waals surface area (Å²) in [6.07, 6.45) is 1.05. The van der Waals surface area contributed by atoms with E-state index in [0.717, 1.165) is 39.9 Å². The van der Waals surface area contributed by atoms with Gasteiger partial charge in [0.1, 0.15) is 18.4 Å². The Kier molecular flexibility index (Phi) is 6.65.